The van der Waals surface area contributed by atoms with Gasteiger partial charge in [-0.3, -0.25) is 0 Å². The van der Waals surface area contributed by atoms with Crippen LogP contribution in [0.2, 0.25) is 0 Å². The van der Waals surface area contributed by atoms with Crippen LogP contribution in [0.4, 0.5) is 11.4 Å². The van der Waals surface area contributed by atoms with Gasteiger partial charge in [-0.05, 0) is 37.1 Å². The van der Waals surface area contributed by atoms with E-state index in [0.29, 0.717) is 19.1 Å². The Morgan fingerprint density at radius 3 is 2.20 bits per heavy atom. The number of rotatable bonds is 5. The molecule has 25 heavy (non-hydrogen) atoms. The lowest BCUT2D eigenvalue weighted by molar-refractivity contribution is 0.170. The maximum absolute atomic E-state index is 10.7. The molecule has 2 aromatic carbocycles. The van der Waals surface area contributed by atoms with E-state index in [4.69, 9.17) is 0 Å². The summed E-state index contributed by atoms with van der Waals surface area (Å²) >= 11 is 1.81. The van der Waals surface area contributed by atoms with Crippen molar-refractivity contribution in [3.8, 4) is 0 Å². The molecule has 0 unspecified atom stereocenters. The van der Waals surface area contributed by atoms with Crippen molar-refractivity contribution in [3.05, 3.63) is 48.5 Å². The van der Waals surface area contributed by atoms with Crippen LogP contribution in [-0.2, 0) is 0 Å². The third-order valence-corrected chi connectivity index (χ3v) is 6.30. The highest BCUT2D eigenvalue weighted by Gasteiger charge is 2.25. The van der Waals surface area contributed by atoms with E-state index in [0.717, 1.165) is 0 Å². The summed E-state index contributed by atoms with van der Waals surface area (Å²) in [5, 5.41) is 14.2. The molecule has 1 aliphatic heterocycles. The van der Waals surface area contributed by atoms with Crippen molar-refractivity contribution < 1.29 is 5.11 Å². The van der Waals surface area contributed by atoms with E-state index in [9.17, 15) is 5.11 Å². The highest BCUT2D eigenvalue weighted by molar-refractivity contribution is 7.99. The Balaban J connectivity index is 1.47. The first-order valence-electron chi connectivity index (χ1n) is 9.36. The van der Waals surface area contributed by atoms with Crippen molar-refractivity contribution in [2.45, 2.75) is 54.0 Å². The molecule has 2 aliphatic rings. The van der Waals surface area contributed by atoms with Crippen molar-refractivity contribution in [1.29, 1.82) is 0 Å². The van der Waals surface area contributed by atoms with Crippen LogP contribution < -0.4 is 10.2 Å². The van der Waals surface area contributed by atoms with Gasteiger partial charge in [0.05, 0.1) is 24.0 Å². The molecule has 0 aromatic heterocycles. The van der Waals surface area contributed by atoms with Crippen LogP contribution in [0.25, 0.3) is 0 Å². The third-order valence-electron chi connectivity index (χ3n) is 5.17. The molecule has 1 fully saturated rings. The maximum Gasteiger partial charge on any atom is 0.0843 e. The van der Waals surface area contributed by atoms with Gasteiger partial charge >= 0.3 is 0 Å². The Labute approximate surface area is 154 Å². The predicted molar refractivity (Wildman–Crippen MR) is 105 cm³/mol. The summed E-state index contributed by atoms with van der Waals surface area (Å²) in [5.41, 5.74) is 2.39. The van der Waals surface area contributed by atoms with Gasteiger partial charge in [0.25, 0.3) is 0 Å². The summed E-state index contributed by atoms with van der Waals surface area (Å²) < 4.78 is 0. The van der Waals surface area contributed by atoms with Crippen LogP contribution >= 0.6 is 11.8 Å². The first kappa shape index (κ1) is 17.0. The van der Waals surface area contributed by atoms with Gasteiger partial charge in [0.1, 0.15) is 0 Å². The van der Waals surface area contributed by atoms with E-state index in [2.05, 4.69) is 58.7 Å². The van der Waals surface area contributed by atoms with Crippen LogP contribution in [0, 0.1) is 0 Å². The minimum Gasteiger partial charge on any atom is -0.390 e. The quantitative estimate of drug-likeness (QED) is 0.824. The number of benzene rings is 2. The number of fused-ring (bicyclic) bond motifs is 2. The van der Waals surface area contributed by atoms with Gasteiger partial charge in [0, 0.05) is 22.4 Å². The number of nitrogens with one attached hydrogen (secondary N) is 1. The van der Waals surface area contributed by atoms with Crippen molar-refractivity contribution in [2.75, 3.05) is 18.0 Å². The Morgan fingerprint density at radius 1 is 0.960 bits per heavy atom. The maximum atomic E-state index is 10.7. The van der Waals surface area contributed by atoms with E-state index in [1.165, 1.54) is 53.3 Å². The number of hydrogen-bond acceptors (Lipinski definition) is 4. The Morgan fingerprint density at radius 2 is 1.56 bits per heavy atom. The highest BCUT2D eigenvalue weighted by Crippen LogP contribution is 2.47. The van der Waals surface area contributed by atoms with Crippen LogP contribution in [0.1, 0.15) is 32.1 Å². The summed E-state index contributed by atoms with van der Waals surface area (Å²) in [6.45, 7) is 1.28. The summed E-state index contributed by atoms with van der Waals surface area (Å²) in [6.07, 6.45) is 6.11. The molecule has 1 saturated carbocycles. The molecular formula is C21H26N2OS. The number of hydrogen-bond donors (Lipinski definition) is 2. The largest absolute Gasteiger partial charge is 0.390 e. The van der Waals surface area contributed by atoms with Crippen molar-refractivity contribution >= 4 is 23.1 Å². The Kier molecular flexibility index (Phi) is 5.30. The fraction of sp³-hybridized carbons (Fsp3) is 0.429. The molecule has 2 aromatic rings. The zero-order chi connectivity index (χ0) is 17.1. The minimum atomic E-state index is -0.383. The molecule has 4 heteroatoms. The molecule has 132 valence electrons. The molecule has 0 spiro atoms. The molecule has 2 N–H and O–H groups in total. The molecule has 1 heterocycles. The average Bonchev–Trinajstić information content (AvgIpc) is 2.67. The molecule has 0 bridgehead atoms. The zero-order valence-electron chi connectivity index (χ0n) is 14.5. The molecule has 0 saturated heterocycles. The van der Waals surface area contributed by atoms with Crippen LogP contribution in [0.5, 0.6) is 0 Å². The van der Waals surface area contributed by atoms with E-state index in [-0.39, 0.29) is 6.10 Å². The second-order valence-corrected chi connectivity index (χ2v) is 8.13. The van der Waals surface area contributed by atoms with Gasteiger partial charge in [0.2, 0.25) is 0 Å². The molecular weight excluding hydrogens is 328 g/mol. The standard InChI is InChI=1S/C21H26N2OS/c24-17(14-22-16-8-2-1-3-9-16)15-23-18-10-4-6-12-20(18)25-21-13-7-5-11-19(21)23/h4-7,10-13,16-17,22,24H,1-3,8-9,14-15H2/t17-/m0/s1. The van der Waals surface area contributed by atoms with Gasteiger partial charge in [-0.1, -0.05) is 55.3 Å². The summed E-state index contributed by atoms with van der Waals surface area (Å²) in [7, 11) is 0. The Hall–Kier alpha value is -1.49. The summed E-state index contributed by atoms with van der Waals surface area (Å²) in [4.78, 5) is 4.79. The number of aliphatic hydroxyl groups excluding tert-OH is 1. The topological polar surface area (TPSA) is 35.5 Å². The van der Waals surface area contributed by atoms with Gasteiger partial charge in [-0.15, -0.1) is 0 Å². The van der Waals surface area contributed by atoms with Gasteiger partial charge < -0.3 is 15.3 Å². The van der Waals surface area contributed by atoms with Crippen molar-refractivity contribution in [3.63, 3.8) is 0 Å². The lowest BCUT2D eigenvalue weighted by Crippen LogP contribution is -2.41. The fourth-order valence-corrected chi connectivity index (χ4v) is 4.96. The van der Waals surface area contributed by atoms with Gasteiger partial charge in [-0.25, -0.2) is 0 Å². The average molecular weight is 355 g/mol. The van der Waals surface area contributed by atoms with Crippen LogP contribution in [0.3, 0.4) is 0 Å². The van der Waals surface area contributed by atoms with Gasteiger partial charge in [-0.2, -0.15) is 0 Å². The van der Waals surface area contributed by atoms with E-state index in [1.54, 1.807) is 0 Å². The molecule has 0 radical (unpaired) electrons. The van der Waals surface area contributed by atoms with E-state index < -0.39 is 0 Å². The monoisotopic (exact) mass is 354 g/mol. The summed E-state index contributed by atoms with van der Waals surface area (Å²) in [5.74, 6) is 0. The number of aliphatic hydroxyl groups is 1. The van der Waals surface area contributed by atoms with E-state index >= 15 is 0 Å². The first-order chi connectivity index (χ1) is 12.3. The normalized spacial score (nSPS) is 18.5. The number of β-amino-alcohol motifs (C(OH)–C–C–N with tert-alkyl or cyclic N) is 1. The van der Waals surface area contributed by atoms with Gasteiger partial charge in [0.15, 0.2) is 0 Å². The SMILES string of the molecule is O[C@@H](CNC1CCCCC1)CN1c2ccccc2Sc2ccccc21. The number of para-hydroxylation sites is 2. The molecule has 0 amide bonds. The molecule has 4 rings (SSSR count). The molecule has 1 aliphatic carbocycles. The lowest BCUT2D eigenvalue weighted by Gasteiger charge is -2.34. The number of anilines is 2. The minimum absolute atomic E-state index is 0.383. The van der Waals surface area contributed by atoms with Crippen molar-refractivity contribution in [2.24, 2.45) is 0 Å². The number of nitrogens with zero attached hydrogens (tertiary/aromatic N) is 1. The third kappa shape index (κ3) is 3.86. The van der Waals surface area contributed by atoms with E-state index in [1.807, 2.05) is 11.8 Å². The molecule has 3 nitrogen and oxygen atoms in total. The second kappa shape index (κ2) is 7.81. The molecule has 1 atom stereocenters. The smallest absolute Gasteiger partial charge is 0.0843 e. The Bertz CT molecular complexity index is 669. The van der Waals surface area contributed by atoms with Crippen molar-refractivity contribution in [1.82, 2.24) is 5.32 Å². The predicted octanol–water partition coefficient (Wildman–Crippen LogP) is 4.57. The fourth-order valence-electron chi connectivity index (χ4n) is 3.86. The van der Waals surface area contributed by atoms with Crippen LogP contribution in [-0.4, -0.2) is 30.3 Å². The van der Waals surface area contributed by atoms with Crippen LogP contribution in [0.15, 0.2) is 58.3 Å². The second-order valence-electron chi connectivity index (χ2n) is 7.05. The zero-order valence-corrected chi connectivity index (χ0v) is 15.3. The first-order valence-corrected chi connectivity index (χ1v) is 10.2. The highest BCUT2D eigenvalue weighted by atomic mass is 32.2. The summed E-state index contributed by atoms with van der Waals surface area (Å²) in [6, 6.07) is 17.5. The lowest BCUT2D eigenvalue weighted by atomic mass is 9.95.